The van der Waals surface area contributed by atoms with Crippen LogP contribution < -0.4 is 5.32 Å². The fourth-order valence-corrected chi connectivity index (χ4v) is 1.45. The highest BCUT2D eigenvalue weighted by Gasteiger charge is 1.96. The lowest BCUT2D eigenvalue weighted by atomic mass is 10.1. The van der Waals surface area contributed by atoms with Crippen LogP contribution in [0.4, 0.5) is 0 Å². The Morgan fingerprint density at radius 3 is 2.94 bits per heavy atom. The highest BCUT2D eigenvalue weighted by molar-refractivity contribution is 5.32. The molecule has 0 aliphatic rings. The van der Waals surface area contributed by atoms with Gasteiger partial charge in [0, 0.05) is 19.7 Å². The van der Waals surface area contributed by atoms with Crippen LogP contribution in [0.25, 0.3) is 0 Å². The van der Waals surface area contributed by atoms with Crippen LogP contribution in [0.2, 0.25) is 0 Å². The van der Waals surface area contributed by atoms with Gasteiger partial charge in [-0.15, -0.1) is 0 Å². The third-order valence-corrected chi connectivity index (χ3v) is 2.26. The SMILES string of the molecule is CC(C)COCCNCc1cccc(C#N)c1. The predicted molar refractivity (Wildman–Crippen MR) is 68.5 cm³/mol. The van der Waals surface area contributed by atoms with E-state index in [4.69, 9.17) is 10.00 Å². The molecule has 92 valence electrons. The molecule has 3 nitrogen and oxygen atoms in total. The minimum Gasteiger partial charge on any atom is -0.380 e. The van der Waals surface area contributed by atoms with Crippen molar-refractivity contribution >= 4 is 0 Å². The second-order valence-corrected chi connectivity index (χ2v) is 4.46. The van der Waals surface area contributed by atoms with Crippen LogP contribution in [-0.2, 0) is 11.3 Å². The second kappa shape index (κ2) is 7.83. The zero-order valence-corrected chi connectivity index (χ0v) is 10.6. The lowest BCUT2D eigenvalue weighted by Gasteiger charge is -2.08. The monoisotopic (exact) mass is 232 g/mol. The average molecular weight is 232 g/mol. The summed E-state index contributed by atoms with van der Waals surface area (Å²) in [6, 6.07) is 9.78. The van der Waals surface area contributed by atoms with E-state index >= 15 is 0 Å². The van der Waals surface area contributed by atoms with Crippen molar-refractivity contribution in [2.45, 2.75) is 20.4 Å². The quantitative estimate of drug-likeness (QED) is 0.734. The molecule has 0 radical (unpaired) electrons. The Hall–Kier alpha value is -1.37. The third kappa shape index (κ3) is 6.06. The summed E-state index contributed by atoms with van der Waals surface area (Å²) in [4.78, 5) is 0. The van der Waals surface area contributed by atoms with E-state index < -0.39 is 0 Å². The number of nitrogens with zero attached hydrogens (tertiary/aromatic N) is 1. The van der Waals surface area contributed by atoms with Crippen molar-refractivity contribution in [3.8, 4) is 6.07 Å². The van der Waals surface area contributed by atoms with Crippen LogP contribution in [0, 0.1) is 17.2 Å². The molecule has 1 rings (SSSR count). The van der Waals surface area contributed by atoms with E-state index in [-0.39, 0.29) is 0 Å². The van der Waals surface area contributed by atoms with Crippen molar-refractivity contribution in [3.05, 3.63) is 35.4 Å². The minimum absolute atomic E-state index is 0.585. The van der Waals surface area contributed by atoms with Gasteiger partial charge < -0.3 is 10.1 Å². The normalized spacial score (nSPS) is 10.5. The van der Waals surface area contributed by atoms with Crippen molar-refractivity contribution in [3.63, 3.8) is 0 Å². The maximum Gasteiger partial charge on any atom is 0.0991 e. The van der Waals surface area contributed by atoms with E-state index in [1.807, 2.05) is 24.3 Å². The van der Waals surface area contributed by atoms with Crippen LogP contribution in [0.1, 0.15) is 25.0 Å². The van der Waals surface area contributed by atoms with E-state index in [9.17, 15) is 0 Å². The first-order valence-corrected chi connectivity index (χ1v) is 6.00. The number of hydrogen-bond acceptors (Lipinski definition) is 3. The maximum absolute atomic E-state index is 8.77. The molecule has 1 aromatic carbocycles. The van der Waals surface area contributed by atoms with E-state index in [2.05, 4.69) is 25.2 Å². The highest BCUT2D eigenvalue weighted by Crippen LogP contribution is 2.03. The van der Waals surface area contributed by atoms with Gasteiger partial charge in [-0.25, -0.2) is 0 Å². The second-order valence-electron chi connectivity index (χ2n) is 4.46. The molecule has 0 saturated heterocycles. The molecule has 0 heterocycles. The Morgan fingerprint density at radius 2 is 2.24 bits per heavy atom. The first-order chi connectivity index (χ1) is 8.22. The number of benzene rings is 1. The molecule has 0 fully saturated rings. The Bertz CT molecular complexity index is 369. The summed E-state index contributed by atoms with van der Waals surface area (Å²) in [5.74, 6) is 0.585. The standard InChI is InChI=1S/C14H20N2O/c1-12(2)11-17-7-6-16-10-14-5-3-4-13(8-14)9-15/h3-5,8,12,16H,6-7,10-11H2,1-2H3. The lowest BCUT2D eigenvalue weighted by Crippen LogP contribution is -2.20. The fraction of sp³-hybridized carbons (Fsp3) is 0.500. The van der Waals surface area contributed by atoms with Gasteiger partial charge in [-0.3, -0.25) is 0 Å². The van der Waals surface area contributed by atoms with Crippen LogP contribution in [-0.4, -0.2) is 19.8 Å². The van der Waals surface area contributed by atoms with Gasteiger partial charge in [0.25, 0.3) is 0 Å². The molecule has 0 bridgehead atoms. The zero-order chi connectivity index (χ0) is 12.5. The van der Waals surface area contributed by atoms with Crippen molar-refractivity contribution in [1.29, 1.82) is 5.26 Å². The van der Waals surface area contributed by atoms with Gasteiger partial charge in [0.05, 0.1) is 18.2 Å². The minimum atomic E-state index is 0.585. The first kappa shape index (κ1) is 13.7. The van der Waals surface area contributed by atoms with Gasteiger partial charge in [-0.2, -0.15) is 5.26 Å². The van der Waals surface area contributed by atoms with Crippen LogP contribution >= 0.6 is 0 Å². The number of hydrogen-bond donors (Lipinski definition) is 1. The molecule has 0 aromatic heterocycles. The van der Waals surface area contributed by atoms with Crippen molar-refractivity contribution in [2.75, 3.05) is 19.8 Å². The smallest absolute Gasteiger partial charge is 0.0991 e. The van der Waals surface area contributed by atoms with Crippen LogP contribution in [0.3, 0.4) is 0 Å². The molecule has 0 amide bonds. The summed E-state index contributed by atoms with van der Waals surface area (Å²) in [5, 5.41) is 12.1. The Balaban J connectivity index is 2.16. The predicted octanol–water partition coefficient (Wildman–Crippen LogP) is 2.32. The molecule has 17 heavy (non-hydrogen) atoms. The number of rotatable bonds is 7. The summed E-state index contributed by atoms with van der Waals surface area (Å²) in [7, 11) is 0. The van der Waals surface area contributed by atoms with Crippen molar-refractivity contribution in [2.24, 2.45) is 5.92 Å². The van der Waals surface area contributed by atoms with Crippen LogP contribution in [0.15, 0.2) is 24.3 Å². The van der Waals surface area contributed by atoms with E-state index in [1.165, 1.54) is 0 Å². The zero-order valence-electron chi connectivity index (χ0n) is 10.6. The molecule has 3 heteroatoms. The van der Waals surface area contributed by atoms with Crippen molar-refractivity contribution in [1.82, 2.24) is 5.32 Å². The average Bonchev–Trinajstić information content (AvgIpc) is 2.33. The topological polar surface area (TPSA) is 45.0 Å². The highest BCUT2D eigenvalue weighted by atomic mass is 16.5. The first-order valence-electron chi connectivity index (χ1n) is 6.00. The van der Waals surface area contributed by atoms with E-state index in [1.54, 1.807) is 0 Å². The lowest BCUT2D eigenvalue weighted by molar-refractivity contribution is 0.111. The summed E-state index contributed by atoms with van der Waals surface area (Å²) >= 11 is 0. The van der Waals surface area contributed by atoms with Crippen LogP contribution in [0.5, 0.6) is 0 Å². The molecule has 0 spiro atoms. The largest absolute Gasteiger partial charge is 0.380 e. The number of ether oxygens (including phenoxy) is 1. The third-order valence-electron chi connectivity index (χ3n) is 2.26. The van der Waals surface area contributed by atoms with E-state index in [0.717, 1.165) is 31.9 Å². The summed E-state index contributed by atoms with van der Waals surface area (Å²) in [6.07, 6.45) is 0. The number of nitrogens with one attached hydrogen (secondary N) is 1. The molecular weight excluding hydrogens is 212 g/mol. The summed E-state index contributed by atoms with van der Waals surface area (Å²) < 4.78 is 5.46. The number of nitriles is 1. The molecule has 0 aliphatic carbocycles. The molecule has 0 unspecified atom stereocenters. The summed E-state index contributed by atoms with van der Waals surface area (Å²) in [6.45, 7) is 7.44. The molecule has 0 aliphatic heterocycles. The molecule has 1 N–H and O–H groups in total. The maximum atomic E-state index is 8.77. The van der Waals surface area contributed by atoms with Gasteiger partial charge in [0.2, 0.25) is 0 Å². The van der Waals surface area contributed by atoms with Crippen molar-refractivity contribution < 1.29 is 4.74 Å². The Kier molecular flexibility index (Phi) is 6.31. The molecule has 0 atom stereocenters. The van der Waals surface area contributed by atoms with Gasteiger partial charge in [0.1, 0.15) is 0 Å². The van der Waals surface area contributed by atoms with Gasteiger partial charge >= 0.3 is 0 Å². The Morgan fingerprint density at radius 1 is 1.41 bits per heavy atom. The Labute approximate surface area is 103 Å². The molecule has 0 saturated carbocycles. The van der Waals surface area contributed by atoms with Gasteiger partial charge in [0.15, 0.2) is 0 Å². The van der Waals surface area contributed by atoms with Gasteiger partial charge in [-0.05, 0) is 23.6 Å². The summed E-state index contributed by atoms with van der Waals surface area (Å²) in [5.41, 5.74) is 1.84. The van der Waals surface area contributed by atoms with E-state index in [0.29, 0.717) is 11.5 Å². The van der Waals surface area contributed by atoms with Gasteiger partial charge in [-0.1, -0.05) is 26.0 Å². The fourth-order valence-electron chi connectivity index (χ4n) is 1.45. The molecular formula is C14H20N2O. The molecule has 1 aromatic rings.